The highest BCUT2D eigenvalue weighted by Crippen LogP contribution is 2.34. The van der Waals surface area contributed by atoms with E-state index in [1.165, 1.54) is 16.0 Å². The van der Waals surface area contributed by atoms with Crippen molar-refractivity contribution in [2.24, 2.45) is 5.92 Å². The number of pyridine rings is 1. The molecule has 0 bridgehead atoms. The predicted molar refractivity (Wildman–Crippen MR) is 127 cm³/mol. The van der Waals surface area contributed by atoms with E-state index in [0.29, 0.717) is 16.9 Å². The first kappa shape index (κ1) is 24.9. The summed E-state index contributed by atoms with van der Waals surface area (Å²) in [6.07, 6.45) is 3.22. The van der Waals surface area contributed by atoms with Gasteiger partial charge in [-0.2, -0.15) is 8.78 Å². The number of likely N-dealkylation sites (tertiary alicyclic amines) is 1. The van der Waals surface area contributed by atoms with Crippen molar-refractivity contribution in [1.29, 1.82) is 0 Å². The van der Waals surface area contributed by atoms with E-state index < -0.39 is 23.9 Å². The number of halogens is 3. The van der Waals surface area contributed by atoms with Crippen LogP contribution in [-0.4, -0.2) is 50.7 Å². The highest BCUT2D eigenvalue weighted by Gasteiger charge is 2.54. The summed E-state index contributed by atoms with van der Waals surface area (Å²) < 4.78 is 46.2. The van der Waals surface area contributed by atoms with Gasteiger partial charge in [0, 0.05) is 17.8 Å². The van der Waals surface area contributed by atoms with Gasteiger partial charge in [0.15, 0.2) is 0 Å². The fraction of sp³-hybridized carbons (Fsp3) is 0.423. The van der Waals surface area contributed by atoms with Crippen LogP contribution in [-0.2, 0) is 16.1 Å². The van der Waals surface area contributed by atoms with Crippen LogP contribution in [0.5, 0.6) is 0 Å². The molecule has 37 heavy (non-hydrogen) atoms. The molecule has 0 radical (unpaired) electrons. The Morgan fingerprint density at radius 3 is 2.41 bits per heavy atom. The maximum atomic E-state index is 15.8. The number of benzene rings is 1. The molecular weight excluding hydrogens is 487 g/mol. The third kappa shape index (κ3) is 5.21. The molecule has 0 spiro atoms. The molecule has 8 nitrogen and oxygen atoms in total. The molecule has 5 rings (SSSR count). The van der Waals surface area contributed by atoms with Crippen molar-refractivity contribution in [3.63, 3.8) is 0 Å². The van der Waals surface area contributed by atoms with E-state index in [0.717, 1.165) is 32.1 Å². The van der Waals surface area contributed by atoms with Crippen molar-refractivity contribution in [3.8, 4) is 11.5 Å². The second-order valence-electron chi connectivity index (χ2n) is 9.51. The summed E-state index contributed by atoms with van der Waals surface area (Å²) in [7, 11) is 0. The number of carbonyl (C=O) groups excluding carboxylic acids is 2. The number of anilines is 1. The molecule has 11 heteroatoms. The smallest absolute Gasteiger partial charge is 0.314 e. The molecule has 3 aromatic rings. The number of alkyl halides is 3. The van der Waals surface area contributed by atoms with Crippen molar-refractivity contribution in [2.45, 2.75) is 50.7 Å². The molecule has 194 valence electrons. The molecule has 1 aliphatic heterocycles. The molecule has 1 aliphatic carbocycles. The predicted octanol–water partition coefficient (Wildman–Crippen LogP) is 4.73. The first-order chi connectivity index (χ1) is 17.8. The Labute approximate surface area is 211 Å². The van der Waals surface area contributed by atoms with E-state index >= 15 is 4.39 Å². The van der Waals surface area contributed by atoms with Gasteiger partial charge >= 0.3 is 6.43 Å². The number of carbonyl (C=O) groups is 2. The third-order valence-corrected chi connectivity index (χ3v) is 6.86. The van der Waals surface area contributed by atoms with Crippen LogP contribution in [0.25, 0.3) is 11.5 Å². The van der Waals surface area contributed by atoms with E-state index in [4.69, 9.17) is 4.42 Å². The van der Waals surface area contributed by atoms with Crippen LogP contribution in [0.15, 0.2) is 53.1 Å². The molecule has 1 aromatic carbocycles. The van der Waals surface area contributed by atoms with Crippen molar-refractivity contribution in [1.82, 2.24) is 20.1 Å². The zero-order chi connectivity index (χ0) is 26.0. The van der Waals surface area contributed by atoms with Gasteiger partial charge in [0.05, 0.1) is 30.9 Å². The summed E-state index contributed by atoms with van der Waals surface area (Å²) in [5.74, 6) is -1.79. The number of hydrogen-bond acceptors (Lipinski definition) is 6. The molecule has 1 saturated carbocycles. The second kappa shape index (κ2) is 10.3. The van der Waals surface area contributed by atoms with Crippen LogP contribution < -0.4 is 4.90 Å². The molecule has 1 saturated heterocycles. The number of aromatic nitrogens is 3. The Hall–Kier alpha value is -3.76. The van der Waals surface area contributed by atoms with E-state index in [2.05, 4.69) is 15.2 Å². The van der Waals surface area contributed by atoms with Gasteiger partial charge in [-0.25, -0.2) is 4.39 Å². The third-order valence-electron chi connectivity index (χ3n) is 6.86. The van der Waals surface area contributed by atoms with Gasteiger partial charge in [0.1, 0.15) is 0 Å². The van der Waals surface area contributed by atoms with Crippen molar-refractivity contribution >= 4 is 17.5 Å². The summed E-state index contributed by atoms with van der Waals surface area (Å²) in [5.41, 5.74) is -0.924. The molecule has 0 unspecified atom stereocenters. The average molecular weight is 514 g/mol. The summed E-state index contributed by atoms with van der Waals surface area (Å²) in [6.45, 7) is -0.557. The van der Waals surface area contributed by atoms with Crippen LogP contribution in [0, 0.1) is 5.92 Å². The monoisotopic (exact) mass is 513 g/mol. The highest BCUT2D eigenvalue weighted by molar-refractivity contribution is 6.01. The number of nitrogens with zero attached hydrogens (tertiary/aromatic N) is 5. The zero-order valence-electron chi connectivity index (χ0n) is 20.0. The minimum atomic E-state index is -2.88. The molecule has 2 aliphatic rings. The molecule has 3 heterocycles. The lowest BCUT2D eigenvalue weighted by Crippen LogP contribution is -2.68. The summed E-state index contributed by atoms with van der Waals surface area (Å²) in [5, 5.41) is 6.90. The fourth-order valence-electron chi connectivity index (χ4n) is 4.83. The quantitative estimate of drug-likeness (QED) is 0.454. The number of para-hydroxylation sites is 1. The van der Waals surface area contributed by atoms with Crippen molar-refractivity contribution in [3.05, 3.63) is 60.2 Å². The Balaban J connectivity index is 1.30. The minimum absolute atomic E-state index is 0.0303. The van der Waals surface area contributed by atoms with Crippen LogP contribution in [0.3, 0.4) is 0 Å². The van der Waals surface area contributed by atoms with Gasteiger partial charge in [-0.3, -0.25) is 14.6 Å². The normalized spacial score (nSPS) is 17.5. The van der Waals surface area contributed by atoms with E-state index in [9.17, 15) is 18.4 Å². The summed E-state index contributed by atoms with van der Waals surface area (Å²) in [6, 6.07) is 11.8. The number of rotatable bonds is 7. The Bertz CT molecular complexity index is 1240. The van der Waals surface area contributed by atoms with Crippen LogP contribution in [0.4, 0.5) is 18.9 Å². The van der Waals surface area contributed by atoms with Gasteiger partial charge in [0.2, 0.25) is 17.5 Å². The zero-order valence-corrected chi connectivity index (χ0v) is 20.0. The van der Waals surface area contributed by atoms with Gasteiger partial charge in [-0.05, 0) is 37.1 Å². The topological polar surface area (TPSA) is 92.4 Å². The average Bonchev–Trinajstić information content (AvgIpc) is 3.41. The SMILES string of the molecule is O=C(C1CCCCC1)N1CC(F)(C(=O)N(Cc2ccc(-c3nnc(C(F)F)o3)cn2)c2ccccc2)C1. The maximum absolute atomic E-state index is 15.8. The Morgan fingerprint density at radius 2 is 1.78 bits per heavy atom. The molecule has 2 amide bonds. The summed E-state index contributed by atoms with van der Waals surface area (Å²) >= 11 is 0. The van der Waals surface area contributed by atoms with Gasteiger partial charge < -0.3 is 14.2 Å². The second-order valence-corrected chi connectivity index (χ2v) is 9.51. The number of hydrogen-bond donors (Lipinski definition) is 0. The first-order valence-electron chi connectivity index (χ1n) is 12.3. The maximum Gasteiger partial charge on any atom is 0.314 e. The summed E-state index contributed by atoms with van der Waals surface area (Å²) in [4.78, 5) is 33.3. The van der Waals surface area contributed by atoms with Crippen LogP contribution in [0.1, 0.15) is 50.1 Å². The highest BCUT2D eigenvalue weighted by atomic mass is 19.3. The fourth-order valence-corrected chi connectivity index (χ4v) is 4.83. The molecule has 0 N–H and O–H groups in total. The lowest BCUT2D eigenvalue weighted by atomic mass is 9.85. The minimum Gasteiger partial charge on any atom is -0.415 e. The largest absolute Gasteiger partial charge is 0.415 e. The Morgan fingerprint density at radius 1 is 1.05 bits per heavy atom. The molecule has 2 fully saturated rings. The van der Waals surface area contributed by atoms with Crippen molar-refractivity contribution < 1.29 is 27.2 Å². The number of amides is 2. The van der Waals surface area contributed by atoms with E-state index in [1.54, 1.807) is 42.5 Å². The lowest BCUT2D eigenvalue weighted by molar-refractivity contribution is -0.158. The van der Waals surface area contributed by atoms with Crippen LogP contribution >= 0.6 is 0 Å². The van der Waals surface area contributed by atoms with E-state index in [-0.39, 0.29) is 37.4 Å². The standard InChI is InChI=1S/C26H26F3N5O3/c27-21(28)23-32-31-22(37-23)18-11-12-19(30-13-18)14-34(20-9-5-2-6-10-20)25(36)26(29)15-33(16-26)24(35)17-7-3-1-4-8-17/h2,5-6,9-13,17,21H,1,3-4,7-8,14-16H2. The van der Waals surface area contributed by atoms with Crippen LogP contribution in [0.2, 0.25) is 0 Å². The Kier molecular flexibility index (Phi) is 6.94. The molecule has 0 atom stereocenters. The molecule has 2 aromatic heterocycles. The molecular formula is C26H26F3N5O3. The van der Waals surface area contributed by atoms with Gasteiger partial charge in [-0.1, -0.05) is 37.5 Å². The first-order valence-corrected chi connectivity index (χ1v) is 12.3. The van der Waals surface area contributed by atoms with Crippen molar-refractivity contribution in [2.75, 3.05) is 18.0 Å². The van der Waals surface area contributed by atoms with Gasteiger partial charge in [0.25, 0.3) is 11.8 Å². The lowest BCUT2D eigenvalue weighted by Gasteiger charge is -2.46. The van der Waals surface area contributed by atoms with Gasteiger partial charge in [-0.15, -0.1) is 10.2 Å². The van der Waals surface area contributed by atoms with E-state index in [1.807, 2.05) is 0 Å².